The van der Waals surface area contributed by atoms with Crippen molar-refractivity contribution in [3.8, 4) is 5.75 Å². The molecule has 0 aromatic heterocycles. The first-order valence-corrected chi connectivity index (χ1v) is 7.35. The Morgan fingerprint density at radius 3 is 2.42 bits per heavy atom. The van der Waals surface area contributed by atoms with Gasteiger partial charge in [-0.3, -0.25) is 0 Å². The van der Waals surface area contributed by atoms with Gasteiger partial charge in [-0.25, -0.2) is 0 Å². The maximum Gasteiger partial charge on any atom is 0.119 e. The summed E-state index contributed by atoms with van der Waals surface area (Å²) in [6.07, 6.45) is 0. The van der Waals surface area contributed by atoms with Crippen LogP contribution in [0.2, 0.25) is 0 Å². The highest BCUT2D eigenvalue weighted by Crippen LogP contribution is 2.29. The Bertz CT molecular complexity index is 549. The molecule has 0 spiro atoms. The predicted octanol–water partition coefficient (Wildman–Crippen LogP) is 4.39. The first-order valence-electron chi connectivity index (χ1n) is 6.36. The van der Waals surface area contributed by atoms with Crippen LogP contribution in [0.1, 0.15) is 30.9 Å². The van der Waals surface area contributed by atoms with E-state index in [2.05, 4.69) is 38.1 Å². The first-order chi connectivity index (χ1) is 9.06. The van der Waals surface area contributed by atoms with Crippen LogP contribution in [0.3, 0.4) is 0 Å². The number of nitrogens with two attached hydrogens (primary N) is 1. The Labute approximate surface area is 118 Å². The number of nitrogen functional groups attached to an aromatic ring is 1. The van der Waals surface area contributed by atoms with Crippen LogP contribution < -0.4 is 5.73 Å². The minimum absolute atomic E-state index is 0.306. The third-order valence-electron chi connectivity index (χ3n) is 3.04. The molecule has 2 rings (SSSR count). The summed E-state index contributed by atoms with van der Waals surface area (Å²) in [6, 6.07) is 13.8. The molecule has 0 bridgehead atoms. The molecule has 0 fully saturated rings. The standard InChI is InChI=1S/C16H19NOS/c1-11(2)12-3-6-15(7-4-12)19-10-13-9-14(17)5-8-16(13)18/h3-9,11,18H,10,17H2,1-2H3. The van der Waals surface area contributed by atoms with E-state index in [4.69, 9.17) is 5.73 Å². The van der Waals surface area contributed by atoms with Crippen molar-refractivity contribution in [1.29, 1.82) is 0 Å². The van der Waals surface area contributed by atoms with Gasteiger partial charge < -0.3 is 10.8 Å². The molecule has 0 aliphatic carbocycles. The van der Waals surface area contributed by atoms with Crippen molar-refractivity contribution in [2.24, 2.45) is 0 Å². The van der Waals surface area contributed by atoms with E-state index < -0.39 is 0 Å². The quantitative estimate of drug-likeness (QED) is 0.493. The molecule has 100 valence electrons. The van der Waals surface area contributed by atoms with Crippen LogP contribution in [0.5, 0.6) is 5.75 Å². The zero-order valence-corrected chi connectivity index (χ0v) is 12.1. The van der Waals surface area contributed by atoms with E-state index in [1.165, 1.54) is 10.5 Å². The van der Waals surface area contributed by atoms with E-state index in [1.54, 1.807) is 23.9 Å². The third-order valence-corrected chi connectivity index (χ3v) is 4.11. The topological polar surface area (TPSA) is 46.2 Å². The lowest BCUT2D eigenvalue weighted by Gasteiger charge is -2.08. The molecule has 0 unspecified atom stereocenters. The number of phenols is 1. The van der Waals surface area contributed by atoms with Gasteiger partial charge in [-0.15, -0.1) is 11.8 Å². The Kier molecular flexibility index (Phi) is 4.38. The summed E-state index contributed by atoms with van der Waals surface area (Å²) in [6.45, 7) is 4.37. The second-order valence-electron chi connectivity index (χ2n) is 4.90. The summed E-state index contributed by atoms with van der Waals surface area (Å²) < 4.78 is 0. The highest BCUT2D eigenvalue weighted by Gasteiger charge is 2.04. The number of anilines is 1. The van der Waals surface area contributed by atoms with Crippen molar-refractivity contribution in [1.82, 2.24) is 0 Å². The molecule has 0 saturated carbocycles. The highest BCUT2D eigenvalue weighted by molar-refractivity contribution is 7.98. The minimum atomic E-state index is 0.306. The lowest BCUT2D eigenvalue weighted by atomic mass is 10.0. The molecule has 2 aromatic rings. The van der Waals surface area contributed by atoms with E-state index in [9.17, 15) is 5.11 Å². The second-order valence-corrected chi connectivity index (χ2v) is 5.95. The fraction of sp³-hybridized carbons (Fsp3) is 0.250. The lowest BCUT2D eigenvalue weighted by Crippen LogP contribution is -1.89. The molecule has 0 radical (unpaired) electrons. The van der Waals surface area contributed by atoms with Gasteiger partial charge in [0.2, 0.25) is 0 Å². The molecular formula is C16H19NOS. The zero-order valence-electron chi connectivity index (χ0n) is 11.3. The highest BCUT2D eigenvalue weighted by atomic mass is 32.2. The Morgan fingerprint density at radius 2 is 1.79 bits per heavy atom. The number of hydrogen-bond donors (Lipinski definition) is 2. The number of benzene rings is 2. The molecule has 0 aliphatic heterocycles. The third kappa shape index (κ3) is 3.67. The van der Waals surface area contributed by atoms with Crippen LogP contribution in [0.25, 0.3) is 0 Å². The van der Waals surface area contributed by atoms with Gasteiger partial charge in [0, 0.05) is 21.9 Å². The lowest BCUT2D eigenvalue weighted by molar-refractivity contribution is 0.471. The van der Waals surface area contributed by atoms with Crippen LogP contribution in [0.4, 0.5) is 5.69 Å². The molecule has 3 heteroatoms. The summed E-state index contributed by atoms with van der Waals surface area (Å²) >= 11 is 1.70. The fourth-order valence-corrected chi connectivity index (χ4v) is 2.71. The molecule has 2 aromatic carbocycles. The monoisotopic (exact) mass is 273 g/mol. The number of hydrogen-bond acceptors (Lipinski definition) is 3. The molecular weight excluding hydrogens is 254 g/mol. The summed E-state index contributed by atoms with van der Waals surface area (Å²) in [5, 5.41) is 9.76. The van der Waals surface area contributed by atoms with Gasteiger partial charge in [0.25, 0.3) is 0 Å². The predicted molar refractivity (Wildman–Crippen MR) is 82.6 cm³/mol. The van der Waals surface area contributed by atoms with Gasteiger partial charge in [-0.2, -0.15) is 0 Å². The fourth-order valence-electron chi connectivity index (χ4n) is 1.83. The molecule has 0 heterocycles. The Morgan fingerprint density at radius 1 is 1.11 bits per heavy atom. The average molecular weight is 273 g/mol. The van der Waals surface area contributed by atoms with Crippen molar-refractivity contribution < 1.29 is 5.11 Å². The maximum absolute atomic E-state index is 9.76. The summed E-state index contributed by atoms with van der Waals surface area (Å²) in [7, 11) is 0. The number of phenolic OH excluding ortho intramolecular Hbond substituents is 1. The van der Waals surface area contributed by atoms with Gasteiger partial charge in [-0.05, 0) is 41.8 Å². The normalized spacial score (nSPS) is 10.9. The van der Waals surface area contributed by atoms with Crippen molar-refractivity contribution in [2.45, 2.75) is 30.4 Å². The van der Waals surface area contributed by atoms with Gasteiger partial charge >= 0.3 is 0 Å². The van der Waals surface area contributed by atoms with Crippen LogP contribution >= 0.6 is 11.8 Å². The van der Waals surface area contributed by atoms with Gasteiger partial charge in [0.1, 0.15) is 5.75 Å². The molecule has 0 amide bonds. The number of aromatic hydroxyl groups is 1. The van der Waals surface area contributed by atoms with E-state index in [0.717, 1.165) is 11.3 Å². The molecule has 19 heavy (non-hydrogen) atoms. The van der Waals surface area contributed by atoms with Crippen LogP contribution in [0.15, 0.2) is 47.4 Å². The van der Waals surface area contributed by atoms with Crippen molar-refractivity contribution >= 4 is 17.4 Å². The molecule has 0 saturated heterocycles. The smallest absolute Gasteiger partial charge is 0.119 e. The van der Waals surface area contributed by atoms with Crippen LogP contribution in [-0.4, -0.2) is 5.11 Å². The van der Waals surface area contributed by atoms with Crippen molar-refractivity contribution in [3.05, 3.63) is 53.6 Å². The first kappa shape index (κ1) is 13.8. The Hall–Kier alpha value is -1.61. The number of thioether (sulfide) groups is 1. The van der Waals surface area contributed by atoms with E-state index in [-0.39, 0.29) is 0 Å². The minimum Gasteiger partial charge on any atom is -0.508 e. The van der Waals surface area contributed by atoms with Gasteiger partial charge in [0.15, 0.2) is 0 Å². The van der Waals surface area contributed by atoms with Crippen LogP contribution in [-0.2, 0) is 5.75 Å². The van der Waals surface area contributed by atoms with Crippen molar-refractivity contribution in [2.75, 3.05) is 5.73 Å². The Balaban J connectivity index is 2.04. The van der Waals surface area contributed by atoms with Crippen molar-refractivity contribution in [3.63, 3.8) is 0 Å². The largest absolute Gasteiger partial charge is 0.508 e. The van der Waals surface area contributed by atoms with E-state index in [0.29, 0.717) is 17.4 Å². The van der Waals surface area contributed by atoms with E-state index >= 15 is 0 Å². The van der Waals surface area contributed by atoms with Gasteiger partial charge in [0.05, 0.1) is 0 Å². The molecule has 0 aliphatic rings. The van der Waals surface area contributed by atoms with E-state index in [1.807, 2.05) is 6.07 Å². The summed E-state index contributed by atoms with van der Waals surface area (Å²) in [5.41, 5.74) is 8.63. The SMILES string of the molecule is CC(C)c1ccc(SCc2cc(N)ccc2O)cc1. The molecule has 0 atom stereocenters. The molecule has 3 N–H and O–H groups in total. The number of rotatable bonds is 4. The van der Waals surface area contributed by atoms with Gasteiger partial charge in [-0.1, -0.05) is 26.0 Å². The summed E-state index contributed by atoms with van der Waals surface area (Å²) in [5.74, 6) is 1.58. The average Bonchev–Trinajstić information content (AvgIpc) is 2.40. The second kappa shape index (κ2) is 6.02. The zero-order chi connectivity index (χ0) is 13.8. The maximum atomic E-state index is 9.76. The molecule has 2 nitrogen and oxygen atoms in total. The summed E-state index contributed by atoms with van der Waals surface area (Å²) in [4.78, 5) is 1.20. The van der Waals surface area contributed by atoms with Crippen LogP contribution in [0, 0.1) is 0 Å².